The van der Waals surface area contributed by atoms with E-state index in [4.69, 9.17) is 9.47 Å². The molecule has 1 fully saturated rings. The molecule has 0 aromatic heterocycles. The Balaban J connectivity index is 1.56. The third kappa shape index (κ3) is 4.11. The topological polar surface area (TPSA) is 38.8 Å². The molecule has 0 radical (unpaired) electrons. The van der Waals surface area contributed by atoms with Crippen LogP contribution in [-0.4, -0.2) is 38.4 Å². The molecule has 0 bridgehead atoms. The van der Waals surface area contributed by atoms with Gasteiger partial charge in [0.05, 0.1) is 31.4 Å². The second kappa shape index (κ2) is 7.73. The fourth-order valence-electron chi connectivity index (χ4n) is 3.19. The SMILES string of the molecule is O=C(CCOCC1CCCO1)N1CCCc2cc(Br)cc(F)c21. The first kappa shape index (κ1) is 16.9. The summed E-state index contributed by atoms with van der Waals surface area (Å²) in [5.41, 5.74) is 1.32. The first-order chi connectivity index (χ1) is 11.1. The van der Waals surface area contributed by atoms with E-state index in [2.05, 4.69) is 15.9 Å². The van der Waals surface area contributed by atoms with Crippen LogP contribution >= 0.6 is 15.9 Å². The molecule has 1 aromatic rings. The van der Waals surface area contributed by atoms with Gasteiger partial charge in [0, 0.05) is 17.6 Å². The van der Waals surface area contributed by atoms with Crippen LogP contribution in [0.15, 0.2) is 16.6 Å². The number of halogens is 2. The van der Waals surface area contributed by atoms with Gasteiger partial charge in [-0.05, 0) is 43.4 Å². The summed E-state index contributed by atoms with van der Waals surface area (Å²) in [7, 11) is 0. The summed E-state index contributed by atoms with van der Waals surface area (Å²) in [6.07, 6.45) is 4.17. The predicted octanol–water partition coefficient (Wildman–Crippen LogP) is 3.45. The number of nitrogens with zero attached hydrogens (tertiary/aromatic N) is 1. The number of amides is 1. The molecule has 3 rings (SSSR count). The second-order valence-electron chi connectivity index (χ2n) is 6.00. The molecule has 6 heteroatoms. The van der Waals surface area contributed by atoms with Crippen molar-refractivity contribution in [3.63, 3.8) is 0 Å². The molecule has 1 amide bonds. The molecule has 2 aliphatic heterocycles. The Morgan fingerprint density at radius 1 is 1.43 bits per heavy atom. The van der Waals surface area contributed by atoms with Crippen LogP contribution in [0, 0.1) is 5.82 Å². The normalized spacial score (nSPS) is 20.6. The van der Waals surface area contributed by atoms with Crippen LogP contribution in [0.5, 0.6) is 0 Å². The van der Waals surface area contributed by atoms with E-state index in [1.165, 1.54) is 6.07 Å². The third-order valence-corrected chi connectivity index (χ3v) is 4.75. The number of rotatable bonds is 5. The van der Waals surface area contributed by atoms with Gasteiger partial charge >= 0.3 is 0 Å². The molecule has 1 aromatic carbocycles. The molecule has 23 heavy (non-hydrogen) atoms. The highest BCUT2D eigenvalue weighted by Crippen LogP contribution is 2.33. The van der Waals surface area contributed by atoms with E-state index in [-0.39, 0.29) is 24.2 Å². The largest absolute Gasteiger partial charge is 0.378 e. The van der Waals surface area contributed by atoms with Crippen molar-refractivity contribution in [1.29, 1.82) is 0 Å². The quantitative estimate of drug-likeness (QED) is 0.728. The minimum atomic E-state index is -0.345. The maximum atomic E-state index is 14.3. The maximum Gasteiger partial charge on any atom is 0.229 e. The van der Waals surface area contributed by atoms with Gasteiger partial charge in [0.15, 0.2) is 0 Å². The lowest BCUT2D eigenvalue weighted by Crippen LogP contribution is -2.37. The summed E-state index contributed by atoms with van der Waals surface area (Å²) in [6, 6.07) is 3.31. The van der Waals surface area contributed by atoms with E-state index in [1.807, 2.05) is 6.07 Å². The van der Waals surface area contributed by atoms with Gasteiger partial charge in [-0.3, -0.25) is 4.79 Å². The Labute approximate surface area is 144 Å². The highest BCUT2D eigenvalue weighted by Gasteiger charge is 2.26. The molecule has 0 spiro atoms. The van der Waals surface area contributed by atoms with E-state index in [0.29, 0.717) is 29.9 Å². The van der Waals surface area contributed by atoms with Crippen molar-refractivity contribution in [3.8, 4) is 0 Å². The first-order valence-corrected chi connectivity index (χ1v) is 8.92. The Bertz CT molecular complexity index is 575. The number of ether oxygens (including phenoxy) is 2. The molecule has 1 unspecified atom stereocenters. The molecule has 0 N–H and O–H groups in total. The predicted molar refractivity (Wildman–Crippen MR) is 89.2 cm³/mol. The van der Waals surface area contributed by atoms with Crippen molar-refractivity contribution in [2.24, 2.45) is 0 Å². The van der Waals surface area contributed by atoms with E-state index >= 15 is 0 Å². The molecule has 1 atom stereocenters. The molecule has 0 saturated carbocycles. The molecule has 0 aliphatic carbocycles. The monoisotopic (exact) mass is 385 g/mol. The zero-order valence-electron chi connectivity index (χ0n) is 13.0. The highest BCUT2D eigenvalue weighted by molar-refractivity contribution is 9.10. The molecular formula is C17H21BrFNO3. The lowest BCUT2D eigenvalue weighted by atomic mass is 10.0. The molecular weight excluding hydrogens is 365 g/mol. The van der Waals surface area contributed by atoms with E-state index in [1.54, 1.807) is 4.90 Å². The fourth-order valence-corrected chi connectivity index (χ4v) is 3.66. The van der Waals surface area contributed by atoms with E-state index < -0.39 is 0 Å². The molecule has 2 aliphatic rings. The van der Waals surface area contributed by atoms with Gasteiger partial charge in [-0.2, -0.15) is 0 Å². The van der Waals surface area contributed by atoms with Gasteiger partial charge in [0.2, 0.25) is 5.91 Å². The smallest absolute Gasteiger partial charge is 0.229 e. The van der Waals surface area contributed by atoms with Crippen LogP contribution in [0.3, 0.4) is 0 Å². The zero-order chi connectivity index (χ0) is 16.2. The summed E-state index contributed by atoms with van der Waals surface area (Å²) in [4.78, 5) is 14.0. The van der Waals surface area contributed by atoms with Crippen molar-refractivity contribution in [1.82, 2.24) is 0 Å². The van der Waals surface area contributed by atoms with E-state index in [9.17, 15) is 9.18 Å². The van der Waals surface area contributed by atoms with Crippen molar-refractivity contribution in [3.05, 3.63) is 28.0 Å². The van der Waals surface area contributed by atoms with Crippen molar-refractivity contribution in [2.45, 2.75) is 38.2 Å². The second-order valence-corrected chi connectivity index (χ2v) is 6.92. The lowest BCUT2D eigenvalue weighted by Gasteiger charge is -2.30. The maximum absolute atomic E-state index is 14.3. The number of carbonyl (C=O) groups is 1. The average molecular weight is 386 g/mol. The van der Waals surface area contributed by atoms with Crippen molar-refractivity contribution >= 4 is 27.5 Å². The van der Waals surface area contributed by atoms with Gasteiger partial charge in [-0.25, -0.2) is 4.39 Å². The standard InChI is InChI=1S/C17H21BrFNO3/c18-13-9-12-3-1-6-20(17(12)15(19)10-13)16(21)5-8-22-11-14-4-2-7-23-14/h9-10,14H,1-8,11H2. The Kier molecular flexibility index (Phi) is 5.67. The third-order valence-electron chi connectivity index (χ3n) is 4.29. The number of fused-ring (bicyclic) bond motifs is 1. The molecule has 2 heterocycles. The van der Waals surface area contributed by atoms with Gasteiger partial charge in [0.1, 0.15) is 5.82 Å². The number of hydrogen-bond donors (Lipinski definition) is 0. The van der Waals surface area contributed by atoms with Crippen LogP contribution < -0.4 is 4.90 Å². The average Bonchev–Trinajstić information content (AvgIpc) is 3.03. The van der Waals surface area contributed by atoms with Gasteiger partial charge in [0.25, 0.3) is 0 Å². The Hall–Kier alpha value is -0.980. The van der Waals surface area contributed by atoms with Crippen LogP contribution in [0.2, 0.25) is 0 Å². The summed E-state index contributed by atoms with van der Waals surface area (Å²) >= 11 is 3.31. The molecule has 126 valence electrons. The number of carbonyl (C=O) groups excluding carboxylic acids is 1. The Morgan fingerprint density at radius 2 is 2.30 bits per heavy atom. The number of hydrogen-bond acceptors (Lipinski definition) is 3. The first-order valence-electron chi connectivity index (χ1n) is 8.13. The van der Waals surface area contributed by atoms with E-state index in [0.717, 1.165) is 37.9 Å². The van der Waals surface area contributed by atoms with Gasteiger partial charge in [-0.15, -0.1) is 0 Å². The number of anilines is 1. The summed E-state index contributed by atoms with van der Waals surface area (Å²) in [6.45, 7) is 2.25. The number of benzene rings is 1. The van der Waals surface area contributed by atoms with Gasteiger partial charge < -0.3 is 14.4 Å². The summed E-state index contributed by atoms with van der Waals surface area (Å²) in [5.74, 6) is -0.429. The summed E-state index contributed by atoms with van der Waals surface area (Å²) < 4.78 is 26.0. The summed E-state index contributed by atoms with van der Waals surface area (Å²) in [5, 5.41) is 0. The van der Waals surface area contributed by atoms with Crippen LogP contribution in [0.25, 0.3) is 0 Å². The molecule has 1 saturated heterocycles. The van der Waals surface area contributed by atoms with Crippen molar-refractivity contribution < 1.29 is 18.7 Å². The minimum Gasteiger partial charge on any atom is -0.378 e. The highest BCUT2D eigenvalue weighted by atomic mass is 79.9. The molecule has 4 nitrogen and oxygen atoms in total. The number of aryl methyl sites for hydroxylation is 1. The Morgan fingerprint density at radius 3 is 3.09 bits per heavy atom. The van der Waals surface area contributed by atoms with Crippen molar-refractivity contribution in [2.75, 3.05) is 31.3 Å². The van der Waals surface area contributed by atoms with Gasteiger partial charge in [-0.1, -0.05) is 15.9 Å². The lowest BCUT2D eigenvalue weighted by molar-refractivity contribution is -0.120. The zero-order valence-corrected chi connectivity index (χ0v) is 14.6. The minimum absolute atomic E-state index is 0.0838. The van der Waals surface area contributed by atoms with Crippen LogP contribution in [0.4, 0.5) is 10.1 Å². The van der Waals surface area contributed by atoms with Crippen LogP contribution in [-0.2, 0) is 20.7 Å². The fraction of sp³-hybridized carbons (Fsp3) is 0.588. The van der Waals surface area contributed by atoms with Crippen LogP contribution in [0.1, 0.15) is 31.2 Å².